The van der Waals surface area contributed by atoms with Gasteiger partial charge in [0, 0.05) is 6.54 Å². The van der Waals surface area contributed by atoms with Gasteiger partial charge in [-0.2, -0.15) is 0 Å². The van der Waals surface area contributed by atoms with Crippen LogP contribution in [-0.2, 0) is 18.9 Å². The fourth-order valence-corrected chi connectivity index (χ4v) is 1.17. The summed E-state index contributed by atoms with van der Waals surface area (Å²) in [6.07, 6.45) is -0.454. The largest absolute Gasteiger partial charge is 0.510 e. The van der Waals surface area contributed by atoms with E-state index in [1.165, 1.54) is 0 Å². The zero-order valence-electron chi connectivity index (χ0n) is 13.1. The first kappa shape index (κ1) is 19.7. The molecule has 0 aliphatic rings. The Bertz CT molecular complexity index is 300. The molecule has 0 fully saturated rings. The van der Waals surface area contributed by atoms with Crippen molar-refractivity contribution in [2.75, 3.05) is 46.2 Å². The zero-order chi connectivity index (χ0) is 16.1. The number of carbonyl (C=O) groups excluding carboxylic acids is 1. The van der Waals surface area contributed by atoms with E-state index >= 15 is 0 Å². The third-order valence-electron chi connectivity index (χ3n) is 1.93. The summed E-state index contributed by atoms with van der Waals surface area (Å²) in [4.78, 5) is 11.3. The standard InChI is InChI=1S/C14H27NO6/c1-12(16)11-20-10-9-19-8-7-18-6-5-15-13(17)21-14(2,3)4/h16H,1,5-11H2,2-4H3,(H,15,17). The summed E-state index contributed by atoms with van der Waals surface area (Å²) in [6, 6.07) is 0. The average Bonchev–Trinajstić information content (AvgIpc) is 2.33. The van der Waals surface area contributed by atoms with Gasteiger partial charge < -0.3 is 29.4 Å². The van der Waals surface area contributed by atoms with Crippen LogP contribution in [-0.4, -0.2) is 63.0 Å². The molecule has 0 rings (SSSR count). The quantitative estimate of drug-likeness (QED) is 0.446. The molecule has 2 N–H and O–H groups in total. The van der Waals surface area contributed by atoms with Gasteiger partial charge in [-0.3, -0.25) is 0 Å². The van der Waals surface area contributed by atoms with Crippen molar-refractivity contribution in [1.82, 2.24) is 5.32 Å². The van der Waals surface area contributed by atoms with Crippen molar-refractivity contribution < 1.29 is 28.8 Å². The van der Waals surface area contributed by atoms with E-state index in [-0.39, 0.29) is 12.4 Å². The van der Waals surface area contributed by atoms with E-state index in [1.807, 2.05) is 0 Å². The molecule has 0 aromatic carbocycles. The van der Waals surface area contributed by atoms with Crippen LogP contribution < -0.4 is 5.32 Å². The van der Waals surface area contributed by atoms with Crippen LogP contribution in [0.3, 0.4) is 0 Å². The van der Waals surface area contributed by atoms with Crippen LogP contribution in [0.25, 0.3) is 0 Å². The summed E-state index contributed by atoms with van der Waals surface area (Å²) in [5.74, 6) is -0.00387. The molecule has 0 spiro atoms. The van der Waals surface area contributed by atoms with Gasteiger partial charge in [-0.15, -0.1) is 0 Å². The Morgan fingerprint density at radius 3 is 2.10 bits per heavy atom. The molecule has 0 bridgehead atoms. The molecule has 0 unspecified atom stereocenters. The monoisotopic (exact) mass is 305 g/mol. The molecule has 0 saturated carbocycles. The van der Waals surface area contributed by atoms with Crippen molar-refractivity contribution in [3.05, 3.63) is 12.3 Å². The Labute approximate surface area is 126 Å². The van der Waals surface area contributed by atoms with Crippen molar-refractivity contribution in [2.24, 2.45) is 0 Å². The predicted molar refractivity (Wildman–Crippen MR) is 78.5 cm³/mol. The lowest BCUT2D eigenvalue weighted by atomic mass is 10.2. The van der Waals surface area contributed by atoms with E-state index in [0.29, 0.717) is 39.6 Å². The average molecular weight is 305 g/mol. The number of hydrogen-bond acceptors (Lipinski definition) is 6. The number of aliphatic hydroxyl groups excluding tert-OH is 1. The van der Waals surface area contributed by atoms with Gasteiger partial charge in [0.2, 0.25) is 0 Å². The van der Waals surface area contributed by atoms with Gasteiger partial charge in [0.1, 0.15) is 18.0 Å². The Morgan fingerprint density at radius 1 is 1.05 bits per heavy atom. The Balaban J connectivity index is 3.22. The number of nitrogens with one attached hydrogen (secondary N) is 1. The van der Waals surface area contributed by atoms with Crippen LogP contribution in [0.2, 0.25) is 0 Å². The molecule has 0 atom stereocenters. The topological polar surface area (TPSA) is 86.3 Å². The highest BCUT2D eigenvalue weighted by Gasteiger charge is 2.15. The maximum Gasteiger partial charge on any atom is 0.407 e. The molecule has 0 aromatic rings. The molecule has 0 aliphatic heterocycles. The SMILES string of the molecule is C=C(O)COCCOCCOCCNC(=O)OC(C)(C)C. The highest BCUT2D eigenvalue weighted by atomic mass is 16.6. The molecule has 7 nitrogen and oxygen atoms in total. The molecule has 1 amide bonds. The van der Waals surface area contributed by atoms with Gasteiger partial charge in [0.05, 0.1) is 33.0 Å². The van der Waals surface area contributed by atoms with E-state index in [1.54, 1.807) is 20.8 Å². The van der Waals surface area contributed by atoms with Gasteiger partial charge in [0.25, 0.3) is 0 Å². The van der Waals surface area contributed by atoms with Crippen molar-refractivity contribution in [3.63, 3.8) is 0 Å². The third kappa shape index (κ3) is 16.6. The highest BCUT2D eigenvalue weighted by molar-refractivity contribution is 5.67. The van der Waals surface area contributed by atoms with Crippen molar-refractivity contribution in [2.45, 2.75) is 26.4 Å². The Hall–Kier alpha value is -1.31. The number of rotatable bonds is 11. The van der Waals surface area contributed by atoms with E-state index in [2.05, 4.69) is 11.9 Å². The van der Waals surface area contributed by atoms with Gasteiger partial charge in [-0.25, -0.2) is 4.79 Å². The van der Waals surface area contributed by atoms with Crippen LogP contribution in [0.4, 0.5) is 4.79 Å². The smallest absolute Gasteiger partial charge is 0.407 e. The first-order valence-corrected chi connectivity index (χ1v) is 6.88. The second-order valence-electron chi connectivity index (χ2n) is 5.27. The molecule has 0 aromatic heterocycles. The molecule has 0 heterocycles. The summed E-state index contributed by atoms with van der Waals surface area (Å²) >= 11 is 0. The summed E-state index contributed by atoms with van der Waals surface area (Å²) in [5.41, 5.74) is -0.497. The minimum atomic E-state index is -0.497. The van der Waals surface area contributed by atoms with Crippen LogP contribution in [0.15, 0.2) is 12.3 Å². The molecular weight excluding hydrogens is 278 g/mol. The van der Waals surface area contributed by atoms with E-state index in [9.17, 15) is 4.79 Å². The summed E-state index contributed by atoms with van der Waals surface area (Å²) in [5, 5.41) is 11.3. The number of alkyl carbamates (subject to hydrolysis) is 1. The van der Waals surface area contributed by atoms with Crippen molar-refractivity contribution in [3.8, 4) is 0 Å². The van der Waals surface area contributed by atoms with E-state index in [4.69, 9.17) is 24.1 Å². The van der Waals surface area contributed by atoms with E-state index in [0.717, 1.165) is 0 Å². The van der Waals surface area contributed by atoms with E-state index < -0.39 is 11.7 Å². The second-order valence-corrected chi connectivity index (χ2v) is 5.27. The number of aliphatic hydroxyl groups is 1. The van der Waals surface area contributed by atoms with Gasteiger partial charge in [0.15, 0.2) is 0 Å². The predicted octanol–water partition coefficient (Wildman–Crippen LogP) is 1.63. The first-order chi connectivity index (χ1) is 9.81. The van der Waals surface area contributed by atoms with Crippen LogP contribution in [0, 0.1) is 0 Å². The Kier molecular flexibility index (Phi) is 10.7. The summed E-state index contributed by atoms with van der Waals surface area (Å²) < 4.78 is 20.6. The minimum Gasteiger partial charge on any atom is -0.510 e. The third-order valence-corrected chi connectivity index (χ3v) is 1.93. The number of hydrogen-bond donors (Lipinski definition) is 2. The maximum atomic E-state index is 11.3. The van der Waals surface area contributed by atoms with Crippen molar-refractivity contribution in [1.29, 1.82) is 0 Å². The lowest BCUT2D eigenvalue weighted by Crippen LogP contribution is -2.34. The maximum absolute atomic E-state index is 11.3. The number of amides is 1. The van der Waals surface area contributed by atoms with Crippen molar-refractivity contribution >= 4 is 6.09 Å². The van der Waals surface area contributed by atoms with Crippen LogP contribution in [0.5, 0.6) is 0 Å². The van der Waals surface area contributed by atoms with Gasteiger partial charge >= 0.3 is 6.09 Å². The van der Waals surface area contributed by atoms with Crippen LogP contribution >= 0.6 is 0 Å². The molecule has 7 heteroatoms. The second kappa shape index (κ2) is 11.4. The Morgan fingerprint density at radius 2 is 1.57 bits per heavy atom. The summed E-state index contributed by atoms with van der Waals surface area (Å²) in [6.45, 7) is 11.3. The van der Waals surface area contributed by atoms with Gasteiger partial charge in [-0.1, -0.05) is 6.58 Å². The minimum absolute atomic E-state index is 0.00387. The molecular formula is C14H27NO6. The lowest BCUT2D eigenvalue weighted by Gasteiger charge is -2.19. The lowest BCUT2D eigenvalue weighted by molar-refractivity contribution is 0.0143. The highest BCUT2D eigenvalue weighted by Crippen LogP contribution is 2.05. The fourth-order valence-electron chi connectivity index (χ4n) is 1.17. The molecule has 0 saturated heterocycles. The summed E-state index contributed by atoms with van der Waals surface area (Å²) in [7, 11) is 0. The zero-order valence-corrected chi connectivity index (χ0v) is 13.1. The number of carbonyl (C=O) groups is 1. The number of ether oxygens (including phenoxy) is 4. The molecule has 0 aliphatic carbocycles. The molecule has 21 heavy (non-hydrogen) atoms. The first-order valence-electron chi connectivity index (χ1n) is 6.88. The fraction of sp³-hybridized carbons (Fsp3) is 0.786. The molecule has 0 radical (unpaired) electrons. The normalized spacial score (nSPS) is 11.2. The molecule has 124 valence electrons. The van der Waals surface area contributed by atoms with Crippen LogP contribution in [0.1, 0.15) is 20.8 Å². The van der Waals surface area contributed by atoms with Gasteiger partial charge in [-0.05, 0) is 20.8 Å².